The SMILES string of the molecule is CNC(c1cc2cc(Cl)ccc2o1)C(F)(F)F. The van der Waals surface area contributed by atoms with E-state index in [9.17, 15) is 13.2 Å². The molecule has 2 aromatic rings. The van der Waals surface area contributed by atoms with Crippen molar-refractivity contribution in [2.45, 2.75) is 12.2 Å². The van der Waals surface area contributed by atoms with Crippen molar-refractivity contribution in [3.8, 4) is 0 Å². The monoisotopic (exact) mass is 263 g/mol. The summed E-state index contributed by atoms with van der Waals surface area (Å²) in [7, 11) is 1.23. The van der Waals surface area contributed by atoms with E-state index in [4.69, 9.17) is 16.0 Å². The molecule has 0 aliphatic heterocycles. The standard InChI is InChI=1S/C11H9ClF3NO/c1-16-10(11(13,14)15)9-5-6-4-7(12)2-3-8(6)17-9/h2-5,10,16H,1H3. The lowest BCUT2D eigenvalue weighted by atomic mass is 10.2. The Morgan fingerprint density at radius 1 is 1.29 bits per heavy atom. The van der Waals surface area contributed by atoms with Crippen LogP contribution in [0.15, 0.2) is 28.7 Å². The number of fused-ring (bicyclic) bond motifs is 1. The van der Waals surface area contributed by atoms with E-state index < -0.39 is 12.2 Å². The number of rotatable bonds is 2. The molecular weight excluding hydrogens is 255 g/mol. The Labute approximate surface area is 100 Å². The van der Waals surface area contributed by atoms with Crippen LogP contribution >= 0.6 is 11.6 Å². The zero-order chi connectivity index (χ0) is 12.6. The maximum Gasteiger partial charge on any atom is 0.410 e. The number of alkyl halides is 3. The van der Waals surface area contributed by atoms with Gasteiger partial charge in [0.15, 0.2) is 6.04 Å². The van der Waals surface area contributed by atoms with Crippen molar-refractivity contribution in [3.63, 3.8) is 0 Å². The summed E-state index contributed by atoms with van der Waals surface area (Å²) in [6.45, 7) is 0. The Morgan fingerprint density at radius 3 is 2.59 bits per heavy atom. The molecule has 0 bridgehead atoms. The number of hydrogen-bond acceptors (Lipinski definition) is 2. The highest BCUT2D eigenvalue weighted by molar-refractivity contribution is 6.31. The molecule has 2 rings (SSSR count). The fraction of sp³-hybridized carbons (Fsp3) is 0.273. The third-order valence-electron chi connectivity index (χ3n) is 2.40. The van der Waals surface area contributed by atoms with E-state index in [1.165, 1.54) is 13.1 Å². The zero-order valence-electron chi connectivity index (χ0n) is 8.81. The van der Waals surface area contributed by atoms with E-state index in [1.807, 2.05) is 0 Å². The van der Waals surface area contributed by atoms with Crippen molar-refractivity contribution in [2.24, 2.45) is 0 Å². The van der Waals surface area contributed by atoms with Crippen LogP contribution in [0.3, 0.4) is 0 Å². The topological polar surface area (TPSA) is 25.2 Å². The van der Waals surface area contributed by atoms with Gasteiger partial charge in [0.2, 0.25) is 0 Å². The second-order valence-electron chi connectivity index (χ2n) is 3.59. The number of halogens is 4. The second-order valence-corrected chi connectivity index (χ2v) is 4.03. The van der Waals surface area contributed by atoms with Crippen molar-refractivity contribution in [2.75, 3.05) is 7.05 Å². The zero-order valence-corrected chi connectivity index (χ0v) is 9.56. The first kappa shape index (κ1) is 12.3. The van der Waals surface area contributed by atoms with Gasteiger partial charge >= 0.3 is 6.18 Å². The Hall–Kier alpha value is -1.20. The molecule has 17 heavy (non-hydrogen) atoms. The highest BCUT2D eigenvalue weighted by atomic mass is 35.5. The summed E-state index contributed by atoms with van der Waals surface area (Å²) in [4.78, 5) is 0. The quantitative estimate of drug-likeness (QED) is 0.889. The molecule has 0 fully saturated rings. The number of hydrogen-bond donors (Lipinski definition) is 1. The molecule has 1 atom stereocenters. The van der Waals surface area contributed by atoms with Crippen LogP contribution in [-0.2, 0) is 0 Å². The third-order valence-corrected chi connectivity index (χ3v) is 2.63. The van der Waals surface area contributed by atoms with Gasteiger partial charge in [-0.25, -0.2) is 0 Å². The Morgan fingerprint density at radius 2 is 2.00 bits per heavy atom. The molecule has 2 nitrogen and oxygen atoms in total. The molecule has 0 aliphatic carbocycles. The van der Waals surface area contributed by atoms with E-state index in [-0.39, 0.29) is 5.76 Å². The minimum Gasteiger partial charge on any atom is -0.459 e. The van der Waals surface area contributed by atoms with Gasteiger partial charge in [0.1, 0.15) is 11.3 Å². The molecule has 0 saturated heterocycles. The first-order valence-electron chi connectivity index (χ1n) is 4.85. The summed E-state index contributed by atoms with van der Waals surface area (Å²) in [5.41, 5.74) is 0.383. The Bertz CT molecular complexity index is 535. The van der Waals surface area contributed by atoms with Gasteiger partial charge in [-0.1, -0.05) is 11.6 Å². The number of benzene rings is 1. The van der Waals surface area contributed by atoms with Gasteiger partial charge in [0.25, 0.3) is 0 Å². The van der Waals surface area contributed by atoms with E-state index in [0.717, 1.165) is 0 Å². The smallest absolute Gasteiger partial charge is 0.410 e. The van der Waals surface area contributed by atoms with Gasteiger partial charge in [0.05, 0.1) is 0 Å². The number of furan rings is 1. The Kier molecular flexibility index (Phi) is 3.05. The van der Waals surface area contributed by atoms with Gasteiger partial charge in [-0.05, 0) is 31.3 Å². The predicted molar refractivity (Wildman–Crippen MR) is 59.1 cm³/mol. The van der Waals surface area contributed by atoms with Crippen LogP contribution in [-0.4, -0.2) is 13.2 Å². The first-order chi connectivity index (χ1) is 7.91. The largest absolute Gasteiger partial charge is 0.459 e. The summed E-state index contributed by atoms with van der Waals surface area (Å²) in [6, 6.07) is 4.21. The van der Waals surface area contributed by atoms with Gasteiger partial charge in [-0.15, -0.1) is 0 Å². The van der Waals surface area contributed by atoms with Gasteiger partial charge in [0, 0.05) is 10.4 Å². The molecule has 1 heterocycles. The summed E-state index contributed by atoms with van der Waals surface area (Å²) < 4.78 is 43.2. The van der Waals surface area contributed by atoms with Gasteiger partial charge in [-0.2, -0.15) is 13.2 Å². The lowest BCUT2D eigenvalue weighted by Gasteiger charge is -2.16. The van der Waals surface area contributed by atoms with Crippen LogP contribution < -0.4 is 5.32 Å². The third kappa shape index (κ3) is 2.40. The minimum atomic E-state index is -4.40. The van der Waals surface area contributed by atoms with Crippen molar-refractivity contribution in [1.82, 2.24) is 5.32 Å². The van der Waals surface area contributed by atoms with E-state index in [0.29, 0.717) is 16.0 Å². The molecule has 6 heteroatoms. The van der Waals surface area contributed by atoms with Gasteiger partial charge < -0.3 is 9.73 Å². The van der Waals surface area contributed by atoms with E-state index in [1.54, 1.807) is 18.2 Å². The second kappa shape index (κ2) is 4.23. The molecule has 1 aromatic heterocycles. The molecule has 92 valence electrons. The molecule has 1 aromatic carbocycles. The lowest BCUT2D eigenvalue weighted by molar-refractivity contribution is -0.159. The fourth-order valence-electron chi connectivity index (χ4n) is 1.64. The Balaban J connectivity index is 2.48. The summed E-state index contributed by atoms with van der Waals surface area (Å²) >= 11 is 5.75. The minimum absolute atomic E-state index is 0.169. The molecular formula is C11H9ClF3NO. The van der Waals surface area contributed by atoms with Crippen LogP contribution in [0.25, 0.3) is 11.0 Å². The maximum absolute atomic E-state index is 12.7. The normalized spacial score (nSPS) is 14.2. The van der Waals surface area contributed by atoms with E-state index in [2.05, 4.69) is 5.32 Å². The average molecular weight is 264 g/mol. The average Bonchev–Trinajstić information content (AvgIpc) is 2.58. The summed E-state index contributed by atoms with van der Waals surface area (Å²) in [5, 5.41) is 3.19. The van der Waals surface area contributed by atoms with Crippen molar-refractivity contribution in [3.05, 3.63) is 35.0 Å². The highest BCUT2D eigenvalue weighted by Gasteiger charge is 2.41. The van der Waals surface area contributed by atoms with E-state index >= 15 is 0 Å². The molecule has 0 saturated carbocycles. The molecule has 0 spiro atoms. The van der Waals surface area contributed by atoms with Crippen LogP contribution in [0, 0.1) is 0 Å². The van der Waals surface area contributed by atoms with Gasteiger partial charge in [-0.3, -0.25) is 0 Å². The van der Waals surface area contributed by atoms with Crippen LogP contribution in [0.2, 0.25) is 5.02 Å². The van der Waals surface area contributed by atoms with Crippen molar-refractivity contribution < 1.29 is 17.6 Å². The van der Waals surface area contributed by atoms with Crippen LogP contribution in [0.4, 0.5) is 13.2 Å². The van der Waals surface area contributed by atoms with Crippen molar-refractivity contribution in [1.29, 1.82) is 0 Å². The van der Waals surface area contributed by atoms with Crippen LogP contribution in [0.5, 0.6) is 0 Å². The summed E-state index contributed by atoms with van der Waals surface area (Å²) in [5.74, 6) is -0.169. The summed E-state index contributed by atoms with van der Waals surface area (Å²) in [6.07, 6.45) is -4.40. The molecule has 1 N–H and O–H groups in total. The number of nitrogens with one attached hydrogen (secondary N) is 1. The van der Waals surface area contributed by atoms with Crippen molar-refractivity contribution >= 4 is 22.6 Å². The predicted octanol–water partition coefficient (Wildman–Crippen LogP) is 3.91. The lowest BCUT2D eigenvalue weighted by Crippen LogP contribution is -2.31. The molecule has 0 amide bonds. The molecule has 0 radical (unpaired) electrons. The maximum atomic E-state index is 12.7. The molecule has 1 unspecified atom stereocenters. The fourth-order valence-corrected chi connectivity index (χ4v) is 1.82. The highest BCUT2D eigenvalue weighted by Crippen LogP contribution is 2.35. The van der Waals surface area contributed by atoms with Crippen LogP contribution in [0.1, 0.15) is 11.8 Å². The molecule has 0 aliphatic rings. The first-order valence-corrected chi connectivity index (χ1v) is 5.22.